The fraction of sp³-hybridized carbons (Fsp3) is 0.875. The second-order valence-corrected chi connectivity index (χ2v) is 6.08. The van der Waals surface area contributed by atoms with Crippen LogP contribution in [0.15, 0.2) is 0 Å². The second-order valence-electron chi connectivity index (χ2n) is 4.45. The number of carboxylic acids is 1. The Morgan fingerprint density at radius 2 is 1.88 bits per heavy atom. The summed E-state index contributed by atoms with van der Waals surface area (Å²) >= 11 is 0. The van der Waals surface area contributed by atoms with Crippen LogP contribution in [-0.4, -0.2) is 56.0 Å². The van der Waals surface area contributed by atoms with Gasteiger partial charge in [0.1, 0.15) is 5.97 Å². The number of quaternary nitrogens is 1. The number of carboxylic acid groups (broad SMARTS) is 1. The average Bonchev–Trinajstić information content (AvgIpc) is 1.99. The number of carbonyl (C=O) groups excluding carboxylic acids is 1. The fourth-order valence-corrected chi connectivity index (χ4v) is 2.94. The van der Waals surface area contributed by atoms with Crippen LogP contribution in [0.3, 0.4) is 0 Å². The van der Waals surface area contributed by atoms with Crippen LogP contribution in [0.1, 0.15) is 12.8 Å². The normalized spacial score (nSPS) is 16.8. The van der Waals surface area contributed by atoms with Crippen LogP contribution in [0.2, 0.25) is 0 Å². The van der Waals surface area contributed by atoms with Gasteiger partial charge in [0.2, 0.25) is 0 Å². The third-order valence-electron chi connectivity index (χ3n) is 2.55. The Labute approximate surface area is 95.2 Å². The highest BCUT2D eigenvalue weighted by atomic mass is 32.2. The van der Waals surface area contributed by atoms with E-state index in [1.807, 2.05) is 0 Å². The highest BCUT2D eigenvalue weighted by Crippen LogP contribution is 2.29. The van der Waals surface area contributed by atoms with Gasteiger partial charge in [-0.05, 0) is 13.0 Å². The molecule has 0 aromatic rings. The van der Waals surface area contributed by atoms with E-state index in [1.54, 1.807) is 0 Å². The number of carbonyl (C=O) groups is 1. The molecule has 16 heavy (non-hydrogen) atoms. The summed E-state index contributed by atoms with van der Waals surface area (Å²) in [4.78, 5) is 8.73. The number of nitrogens with zero attached hydrogens (tertiary/aromatic N) is 1. The van der Waals surface area contributed by atoms with Crippen molar-refractivity contribution in [3.63, 3.8) is 0 Å². The zero-order valence-electron chi connectivity index (χ0n) is 9.63. The van der Waals surface area contributed by atoms with E-state index in [0.29, 0.717) is 0 Å². The number of nitrogens with two attached hydrogens (primary N) is 1. The van der Waals surface area contributed by atoms with Gasteiger partial charge < -0.3 is 20.1 Å². The molecule has 0 spiro atoms. The Balaban J connectivity index is 5.72. The fourth-order valence-electron chi connectivity index (χ4n) is 1.63. The van der Waals surface area contributed by atoms with E-state index in [9.17, 15) is 18.3 Å². The van der Waals surface area contributed by atoms with E-state index < -0.39 is 25.4 Å². The summed E-state index contributed by atoms with van der Waals surface area (Å²) in [6.07, 6.45) is -0.141. The van der Waals surface area contributed by atoms with Crippen molar-refractivity contribution in [2.45, 2.75) is 17.7 Å². The lowest BCUT2D eigenvalue weighted by molar-refractivity contribution is -0.901. The van der Waals surface area contributed by atoms with Gasteiger partial charge in [0.05, 0.1) is 21.1 Å². The van der Waals surface area contributed by atoms with E-state index in [-0.39, 0.29) is 19.4 Å². The van der Waals surface area contributed by atoms with Gasteiger partial charge in [-0.2, -0.15) is 8.42 Å². The molecular weight excluding hydrogens is 236 g/mol. The first-order valence-electron chi connectivity index (χ1n) is 4.71. The quantitative estimate of drug-likeness (QED) is 0.408. The minimum absolute atomic E-state index is 0.130. The van der Waals surface area contributed by atoms with Crippen molar-refractivity contribution >= 4 is 16.1 Å². The molecule has 96 valence electrons. The molecule has 3 N–H and O–H groups in total. The van der Waals surface area contributed by atoms with E-state index >= 15 is 0 Å². The molecule has 0 amide bonds. The van der Waals surface area contributed by atoms with Gasteiger partial charge in [-0.15, -0.1) is 0 Å². The molecule has 0 aromatic heterocycles. The van der Waals surface area contributed by atoms with E-state index in [1.165, 1.54) is 21.1 Å². The summed E-state index contributed by atoms with van der Waals surface area (Å²) in [6, 6.07) is 0. The molecule has 0 saturated carbocycles. The van der Waals surface area contributed by atoms with Crippen molar-refractivity contribution in [3.8, 4) is 0 Å². The van der Waals surface area contributed by atoms with Gasteiger partial charge in [0, 0.05) is 6.42 Å². The standard InChI is InChI=1S/C8H18N2O5S/c1-10(2,3)8(7(11)12,5-4-6-9)16(13,14)15/h4-6,9H2,1-3H3,(H-,11,12,13,14,15). The summed E-state index contributed by atoms with van der Waals surface area (Å²) in [5, 5.41) is 11.1. The van der Waals surface area contributed by atoms with Crippen LogP contribution in [0.5, 0.6) is 0 Å². The largest absolute Gasteiger partial charge is 0.543 e. The Morgan fingerprint density at radius 1 is 1.44 bits per heavy atom. The molecule has 0 fully saturated rings. The lowest BCUT2D eigenvalue weighted by atomic mass is 10.1. The number of rotatable bonds is 6. The Bertz CT molecular complexity index is 359. The molecule has 1 atom stereocenters. The third-order valence-corrected chi connectivity index (χ3v) is 4.32. The molecule has 0 bridgehead atoms. The monoisotopic (exact) mass is 254 g/mol. The molecule has 0 heterocycles. The van der Waals surface area contributed by atoms with Crippen LogP contribution in [0, 0.1) is 0 Å². The molecule has 0 aromatic carbocycles. The maximum atomic E-state index is 11.3. The Morgan fingerprint density at radius 3 is 2.06 bits per heavy atom. The van der Waals surface area contributed by atoms with Crippen LogP contribution < -0.4 is 10.8 Å². The van der Waals surface area contributed by atoms with E-state index in [4.69, 9.17) is 10.3 Å². The lowest BCUT2D eigenvalue weighted by Crippen LogP contribution is -2.69. The SMILES string of the molecule is C[N+](C)(C)C(CCCN)(C(=O)[O-])S(=O)(=O)O. The highest BCUT2D eigenvalue weighted by molar-refractivity contribution is 7.87. The van der Waals surface area contributed by atoms with Crippen LogP contribution in [-0.2, 0) is 14.9 Å². The Hall–Kier alpha value is -0.700. The zero-order chi connectivity index (χ0) is 13.2. The molecule has 0 aliphatic carbocycles. The smallest absolute Gasteiger partial charge is 0.328 e. The molecule has 0 aliphatic rings. The van der Waals surface area contributed by atoms with E-state index in [0.717, 1.165) is 0 Å². The van der Waals surface area contributed by atoms with E-state index in [2.05, 4.69) is 0 Å². The second kappa shape index (κ2) is 4.66. The van der Waals surface area contributed by atoms with Crippen LogP contribution in [0.4, 0.5) is 0 Å². The van der Waals surface area contributed by atoms with Crippen molar-refractivity contribution in [1.29, 1.82) is 0 Å². The van der Waals surface area contributed by atoms with Crippen molar-refractivity contribution < 1.29 is 27.4 Å². The summed E-state index contributed by atoms with van der Waals surface area (Å²) in [5.41, 5.74) is 5.23. The number of likely N-dealkylation sites (N-methyl/N-ethyl adjacent to an activating group) is 1. The first kappa shape index (κ1) is 15.3. The van der Waals surface area contributed by atoms with Crippen molar-refractivity contribution in [2.75, 3.05) is 27.7 Å². The van der Waals surface area contributed by atoms with Crippen molar-refractivity contribution in [2.24, 2.45) is 5.73 Å². The summed E-state index contributed by atoms with van der Waals surface area (Å²) in [7, 11) is -0.718. The zero-order valence-corrected chi connectivity index (χ0v) is 10.5. The molecule has 0 radical (unpaired) electrons. The summed E-state index contributed by atoms with van der Waals surface area (Å²) in [5.74, 6) is -1.82. The number of aliphatic carboxylic acids is 1. The lowest BCUT2D eigenvalue weighted by Gasteiger charge is -2.43. The minimum atomic E-state index is -4.80. The predicted molar refractivity (Wildman–Crippen MR) is 55.6 cm³/mol. The van der Waals surface area contributed by atoms with Gasteiger partial charge in [-0.25, -0.2) is 0 Å². The molecule has 8 heteroatoms. The first-order valence-corrected chi connectivity index (χ1v) is 6.15. The maximum Gasteiger partial charge on any atom is 0.328 e. The molecule has 0 saturated heterocycles. The average molecular weight is 254 g/mol. The molecule has 0 aliphatic heterocycles. The van der Waals surface area contributed by atoms with Gasteiger partial charge in [0.15, 0.2) is 0 Å². The number of hydrogen-bond donors (Lipinski definition) is 2. The molecule has 7 nitrogen and oxygen atoms in total. The molecule has 1 unspecified atom stereocenters. The highest BCUT2D eigenvalue weighted by Gasteiger charge is 2.55. The van der Waals surface area contributed by atoms with Gasteiger partial charge in [0.25, 0.3) is 4.87 Å². The predicted octanol–water partition coefficient (Wildman–Crippen LogP) is -2.23. The van der Waals surface area contributed by atoms with Crippen LogP contribution in [0.25, 0.3) is 0 Å². The van der Waals surface area contributed by atoms with Crippen molar-refractivity contribution in [3.05, 3.63) is 0 Å². The molecule has 0 rings (SSSR count). The van der Waals surface area contributed by atoms with Crippen LogP contribution >= 0.6 is 0 Å². The minimum Gasteiger partial charge on any atom is -0.543 e. The number of hydrogen-bond acceptors (Lipinski definition) is 5. The first-order chi connectivity index (χ1) is 7.00. The van der Waals surface area contributed by atoms with Gasteiger partial charge >= 0.3 is 10.1 Å². The van der Waals surface area contributed by atoms with Gasteiger partial charge in [-0.1, -0.05) is 0 Å². The van der Waals surface area contributed by atoms with Gasteiger partial charge in [-0.3, -0.25) is 4.55 Å². The Kier molecular flexibility index (Phi) is 4.46. The maximum absolute atomic E-state index is 11.3. The third kappa shape index (κ3) is 2.51. The molecular formula is C8H18N2O5S. The topological polar surface area (TPSA) is 121 Å². The summed E-state index contributed by atoms with van der Waals surface area (Å²) in [6.45, 7) is 0.130. The summed E-state index contributed by atoms with van der Waals surface area (Å²) < 4.78 is 31.3. The van der Waals surface area contributed by atoms with Crippen molar-refractivity contribution in [1.82, 2.24) is 0 Å².